The summed E-state index contributed by atoms with van der Waals surface area (Å²) in [5.41, 5.74) is 3.93. The zero-order chi connectivity index (χ0) is 35.2. The number of rotatable bonds is 2. The predicted molar refractivity (Wildman–Crippen MR) is 188 cm³/mol. The molecular formula is C42H18F6N4. The fraction of sp³-hybridized carbons (Fsp3) is 0. The molecule has 4 aliphatic rings. The molecule has 4 nitrogen and oxygen atoms in total. The van der Waals surface area contributed by atoms with Gasteiger partial charge in [-0.3, -0.25) is 0 Å². The van der Waals surface area contributed by atoms with E-state index in [-0.39, 0.29) is 10.8 Å². The maximum atomic E-state index is 15.1. The number of fused-ring (bicyclic) bond motifs is 6. The molecule has 0 saturated carbocycles. The second kappa shape index (κ2) is 9.97. The number of benzene rings is 7. The number of hydrogen-bond donors (Lipinski definition) is 2. The molecule has 2 N–H and O–H groups in total. The zero-order valence-corrected chi connectivity index (χ0v) is 26.4. The highest BCUT2D eigenvalue weighted by Gasteiger charge is 2.25. The van der Waals surface area contributed by atoms with Gasteiger partial charge in [0.15, 0.2) is 0 Å². The summed E-state index contributed by atoms with van der Waals surface area (Å²) in [6, 6.07) is 22.9. The summed E-state index contributed by atoms with van der Waals surface area (Å²) >= 11 is 0. The number of aromatic nitrogens is 4. The summed E-state index contributed by atoms with van der Waals surface area (Å²) in [5.74, 6) is -3.73. The second-order valence-corrected chi connectivity index (χ2v) is 13.0. The Balaban J connectivity index is 1.44. The van der Waals surface area contributed by atoms with Gasteiger partial charge in [0.25, 0.3) is 0 Å². The van der Waals surface area contributed by atoms with Crippen molar-refractivity contribution in [3.63, 3.8) is 0 Å². The quantitative estimate of drug-likeness (QED) is 0.177. The van der Waals surface area contributed by atoms with Crippen LogP contribution >= 0.6 is 0 Å². The Morgan fingerprint density at radius 3 is 1.08 bits per heavy atom. The Morgan fingerprint density at radius 1 is 0.365 bits per heavy atom. The second-order valence-electron chi connectivity index (χ2n) is 13.0. The summed E-state index contributed by atoms with van der Waals surface area (Å²) < 4.78 is 89.3. The average molecular weight is 693 g/mol. The van der Waals surface area contributed by atoms with Crippen LogP contribution in [-0.2, 0) is 0 Å². The van der Waals surface area contributed by atoms with Crippen molar-refractivity contribution in [1.29, 1.82) is 0 Å². The van der Waals surface area contributed by atoms with E-state index >= 15 is 17.6 Å². The predicted octanol–water partition coefficient (Wildman–Crippen LogP) is 11.1. The van der Waals surface area contributed by atoms with Crippen LogP contribution in [0.5, 0.6) is 0 Å². The van der Waals surface area contributed by atoms with Crippen molar-refractivity contribution in [2.24, 2.45) is 0 Å². The standard InChI is InChI=1S/C42H18F6N4/c43-19-5-1-17(2-6-19)29-39-41(51-37-23-11-15-27(47)33-25(45)13-9-21(31(23)33)35(37)49-39)30(18-3-7-20(44)8-4-18)42-40(29)50-36-22-10-14-26(46)34-28(48)16-12-24(32(22)34)38(36)52-42/h1-16,49,52H. The van der Waals surface area contributed by atoms with Crippen LogP contribution in [0.25, 0.3) is 87.4 Å². The van der Waals surface area contributed by atoms with Crippen LogP contribution in [0.4, 0.5) is 26.3 Å². The van der Waals surface area contributed by atoms with Crippen molar-refractivity contribution in [2.45, 2.75) is 0 Å². The third-order valence-electron chi connectivity index (χ3n) is 10.3. The van der Waals surface area contributed by atoms with E-state index in [1.165, 1.54) is 48.5 Å². The van der Waals surface area contributed by atoms with E-state index in [9.17, 15) is 8.78 Å². The summed E-state index contributed by atoms with van der Waals surface area (Å²) in [6.07, 6.45) is 0. The largest absolute Gasteiger partial charge is 0.351 e. The summed E-state index contributed by atoms with van der Waals surface area (Å²) in [6.45, 7) is 0. The first-order valence-corrected chi connectivity index (χ1v) is 16.3. The molecule has 2 aliphatic heterocycles. The Labute approximate surface area is 286 Å². The van der Waals surface area contributed by atoms with Gasteiger partial charge in [-0.05, 0) is 83.9 Å². The number of nitrogens with zero attached hydrogens (tertiary/aromatic N) is 2. The lowest BCUT2D eigenvalue weighted by atomic mass is 9.94. The first kappa shape index (κ1) is 29.1. The molecule has 2 aliphatic carbocycles. The zero-order valence-electron chi connectivity index (χ0n) is 26.4. The summed E-state index contributed by atoms with van der Waals surface area (Å²) in [5, 5.41) is 4.50. The monoisotopic (exact) mass is 692 g/mol. The molecule has 0 radical (unpaired) electrons. The Hall–Kier alpha value is -6.68. The molecule has 2 heterocycles. The van der Waals surface area contributed by atoms with Gasteiger partial charge in [0.1, 0.15) is 34.9 Å². The molecule has 0 amide bonds. The minimum atomic E-state index is -0.705. The van der Waals surface area contributed by atoms with Gasteiger partial charge in [0.2, 0.25) is 0 Å². The Bertz CT molecular complexity index is 3060. The van der Waals surface area contributed by atoms with Gasteiger partial charge in [-0.1, -0.05) is 24.3 Å². The van der Waals surface area contributed by atoms with E-state index in [4.69, 9.17) is 9.97 Å². The molecule has 0 aromatic heterocycles. The van der Waals surface area contributed by atoms with Gasteiger partial charge in [-0.2, -0.15) is 0 Å². The molecule has 0 fully saturated rings. The van der Waals surface area contributed by atoms with Crippen molar-refractivity contribution in [3.8, 4) is 22.3 Å². The van der Waals surface area contributed by atoms with Crippen molar-refractivity contribution in [2.75, 3.05) is 0 Å². The van der Waals surface area contributed by atoms with Crippen LogP contribution in [0.15, 0.2) is 97.1 Å². The van der Waals surface area contributed by atoms with Crippen molar-refractivity contribution in [3.05, 3.63) is 153 Å². The molecular weight excluding hydrogens is 674 g/mol. The number of nitrogens with one attached hydrogen (secondary N) is 2. The first-order chi connectivity index (χ1) is 25.3. The van der Waals surface area contributed by atoms with E-state index < -0.39 is 34.9 Å². The molecule has 7 aromatic rings. The number of hydrogen-bond acceptors (Lipinski definition) is 2. The van der Waals surface area contributed by atoms with E-state index in [2.05, 4.69) is 9.97 Å². The van der Waals surface area contributed by atoms with Gasteiger partial charge in [0, 0.05) is 43.4 Å². The lowest BCUT2D eigenvalue weighted by Crippen LogP contribution is -2.00. The van der Waals surface area contributed by atoms with Crippen LogP contribution in [-0.4, -0.2) is 19.9 Å². The number of halogens is 6. The fourth-order valence-corrected chi connectivity index (χ4v) is 8.11. The van der Waals surface area contributed by atoms with Crippen LogP contribution < -0.4 is 0 Å². The highest BCUT2D eigenvalue weighted by molar-refractivity contribution is 6.19. The van der Waals surface area contributed by atoms with Gasteiger partial charge >= 0.3 is 0 Å². The third-order valence-corrected chi connectivity index (χ3v) is 10.3. The molecule has 0 saturated heterocycles. The highest BCUT2D eigenvalue weighted by atomic mass is 19.2. The van der Waals surface area contributed by atoms with Crippen LogP contribution in [0.1, 0.15) is 0 Å². The van der Waals surface area contributed by atoms with E-state index in [0.29, 0.717) is 98.0 Å². The maximum Gasteiger partial charge on any atom is 0.134 e. The lowest BCUT2D eigenvalue weighted by Gasteiger charge is -2.16. The summed E-state index contributed by atoms with van der Waals surface area (Å²) in [7, 11) is 0. The molecule has 7 aromatic carbocycles. The smallest absolute Gasteiger partial charge is 0.134 e. The third kappa shape index (κ3) is 3.67. The molecule has 248 valence electrons. The molecule has 0 atom stereocenters. The number of aromatic amines is 2. The van der Waals surface area contributed by atoms with Gasteiger partial charge in [-0.25, -0.2) is 36.3 Å². The molecule has 0 bridgehead atoms. The van der Waals surface area contributed by atoms with E-state index in [0.717, 1.165) is 0 Å². The molecule has 0 spiro atoms. The summed E-state index contributed by atoms with van der Waals surface area (Å²) in [4.78, 5) is 17.5. The van der Waals surface area contributed by atoms with Gasteiger partial charge in [-0.15, -0.1) is 0 Å². The van der Waals surface area contributed by atoms with Gasteiger partial charge in [0.05, 0.1) is 54.2 Å². The van der Waals surface area contributed by atoms with E-state index in [1.807, 2.05) is 0 Å². The topological polar surface area (TPSA) is 57.4 Å². The normalized spacial score (nSPS) is 12.4. The minimum absolute atomic E-state index is 0.153. The SMILES string of the molecule is Fc1ccc(-c2c3nc4c5ccc(F)c6c(F)ccc(c=4[nH]c3c(-c3ccc(F)cc3)c3nc4c7ccc(F)c8c(F)ccc(c=4[nH]c23)c87)c65)cc1. The molecule has 0 unspecified atom stereocenters. The lowest BCUT2D eigenvalue weighted by molar-refractivity contribution is 0.608. The average Bonchev–Trinajstić information content (AvgIpc) is 3.62. The molecule has 10 heteroatoms. The fourth-order valence-electron chi connectivity index (χ4n) is 8.11. The highest BCUT2D eigenvalue weighted by Crippen LogP contribution is 2.44. The molecule has 11 rings (SSSR count). The van der Waals surface area contributed by atoms with Crippen LogP contribution in [0.2, 0.25) is 0 Å². The maximum absolute atomic E-state index is 15.1. The minimum Gasteiger partial charge on any atom is -0.351 e. The molecule has 52 heavy (non-hydrogen) atoms. The van der Waals surface area contributed by atoms with Crippen LogP contribution in [0.3, 0.4) is 0 Å². The Kier molecular flexibility index (Phi) is 5.58. The van der Waals surface area contributed by atoms with Crippen molar-refractivity contribution in [1.82, 2.24) is 19.9 Å². The number of H-pyrrole nitrogens is 2. The Morgan fingerprint density at radius 2 is 0.712 bits per heavy atom. The van der Waals surface area contributed by atoms with E-state index in [1.54, 1.807) is 48.5 Å². The van der Waals surface area contributed by atoms with Crippen LogP contribution in [0, 0.1) is 56.3 Å². The first-order valence-electron chi connectivity index (χ1n) is 16.3. The van der Waals surface area contributed by atoms with Crippen molar-refractivity contribution >= 4 is 65.2 Å². The van der Waals surface area contributed by atoms with Gasteiger partial charge < -0.3 is 9.97 Å². The van der Waals surface area contributed by atoms with Crippen molar-refractivity contribution < 1.29 is 26.3 Å².